The molecule has 1 aromatic rings. The van der Waals surface area contributed by atoms with Crippen LogP contribution in [0.3, 0.4) is 0 Å². The van der Waals surface area contributed by atoms with E-state index in [0.717, 1.165) is 17.1 Å². The molecule has 2 N–H and O–H groups in total. The number of halogens is 1. The largest absolute Gasteiger partial charge is 0.480 e. The van der Waals surface area contributed by atoms with Gasteiger partial charge in [0, 0.05) is 10.6 Å². The third-order valence-corrected chi connectivity index (χ3v) is 4.94. The molecule has 1 heterocycles. The summed E-state index contributed by atoms with van der Waals surface area (Å²) in [6.07, 6.45) is 0.886. The highest BCUT2D eigenvalue weighted by Crippen LogP contribution is 2.28. The maximum absolute atomic E-state index is 12.2. The van der Waals surface area contributed by atoms with Gasteiger partial charge in [-0.15, -0.1) is 0 Å². The third-order valence-electron chi connectivity index (χ3n) is 3.54. The van der Waals surface area contributed by atoms with Crippen LogP contribution in [-0.4, -0.2) is 34.0 Å². The molecular weight excluding hydrogens is 298 g/mol. The van der Waals surface area contributed by atoms with Gasteiger partial charge in [0.2, 0.25) is 0 Å². The van der Waals surface area contributed by atoms with Crippen molar-refractivity contribution in [3.05, 3.63) is 34.3 Å². The predicted molar refractivity (Wildman–Crippen MR) is 80.6 cm³/mol. The second-order valence-electron chi connectivity index (χ2n) is 4.92. The van der Waals surface area contributed by atoms with Crippen molar-refractivity contribution in [1.29, 1.82) is 0 Å². The fraction of sp³-hybridized carbons (Fsp3) is 0.429. The van der Waals surface area contributed by atoms with Crippen LogP contribution >= 0.6 is 23.4 Å². The Bertz CT molecular complexity index is 541. The topological polar surface area (TPSA) is 66.4 Å². The Morgan fingerprint density at radius 2 is 2.00 bits per heavy atom. The molecule has 0 saturated carbocycles. The molecule has 1 aromatic carbocycles. The second-order valence-corrected chi connectivity index (χ2v) is 6.55. The van der Waals surface area contributed by atoms with Gasteiger partial charge in [-0.2, -0.15) is 11.8 Å². The van der Waals surface area contributed by atoms with E-state index >= 15 is 0 Å². The Labute approximate surface area is 126 Å². The Morgan fingerprint density at radius 1 is 1.35 bits per heavy atom. The zero-order chi connectivity index (χ0) is 14.8. The Kier molecular flexibility index (Phi) is 4.60. The lowest BCUT2D eigenvalue weighted by molar-refractivity contribution is -0.144. The molecule has 0 aromatic heterocycles. The molecule has 1 aliphatic rings. The lowest BCUT2D eigenvalue weighted by Crippen LogP contribution is -2.56. The second kappa shape index (κ2) is 6.06. The lowest BCUT2D eigenvalue weighted by atomic mass is 9.92. The Hall–Kier alpha value is -1.20. The van der Waals surface area contributed by atoms with Crippen molar-refractivity contribution in [2.45, 2.75) is 25.3 Å². The van der Waals surface area contributed by atoms with Gasteiger partial charge in [-0.25, -0.2) is 4.79 Å². The van der Waals surface area contributed by atoms with Crippen molar-refractivity contribution in [3.8, 4) is 0 Å². The van der Waals surface area contributed by atoms with Crippen LogP contribution < -0.4 is 5.32 Å². The normalized spacial score (nSPS) is 17.5. The molecule has 1 fully saturated rings. The van der Waals surface area contributed by atoms with Gasteiger partial charge in [-0.05, 0) is 49.0 Å². The minimum atomic E-state index is -1.15. The van der Waals surface area contributed by atoms with Crippen molar-refractivity contribution >= 4 is 35.2 Å². The van der Waals surface area contributed by atoms with Gasteiger partial charge >= 0.3 is 5.97 Å². The van der Waals surface area contributed by atoms with E-state index in [0.29, 0.717) is 23.4 Å². The fourth-order valence-electron chi connectivity index (χ4n) is 2.14. The summed E-state index contributed by atoms with van der Waals surface area (Å²) in [5.41, 5.74) is 0.115. The molecule has 1 amide bonds. The van der Waals surface area contributed by atoms with Gasteiger partial charge < -0.3 is 10.4 Å². The molecule has 0 bridgehead atoms. The van der Waals surface area contributed by atoms with Gasteiger partial charge in [-0.3, -0.25) is 4.79 Å². The number of carboxylic acid groups (broad SMARTS) is 1. The van der Waals surface area contributed by atoms with Crippen LogP contribution in [-0.2, 0) is 4.79 Å². The first kappa shape index (κ1) is 15.2. The number of carbonyl (C=O) groups is 2. The molecule has 0 unspecified atom stereocenters. The van der Waals surface area contributed by atoms with Crippen LogP contribution in [0.25, 0.3) is 0 Å². The molecule has 108 valence electrons. The number of aryl methyl sites for hydroxylation is 1. The predicted octanol–water partition coefficient (Wildman–Crippen LogP) is 2.73. The van der Waals surface area contributed by atoms with E-state index in [4.69, 9.17) is 11.6 Å². The molecular formula is C14H16ClNO3S. The van der Waals surface area contributed by atoms with Gasteiger partial charge in [0.05, 0.1) is 0 Å². The number of benzene rings is 1. The summed E-state index contributed by atoms with van der Waals surface area (Å²) in [5.74, 6) is 0.119. The molecule has 0 radical (unpaired) electrons. The average molecular weight is 314 g/mol. The van der Waals surface area contributed by atoms with Crippen LogP contribution in [0.1, 0.15) is 28.8 Å². The highest BCUT2D eigenvalue weighted by molar-refractivity contribution is 7.99. The summed E-state index contributed by atoms with van der Waals surface area (Å²) in [7, 11) is 0. The summed E-state index contributed by atoms with van der Waals surface area (Å²) in [6.45, 7) is 1.85. The molecule has 1 saturated heterocycles. The Balaban J connectivity index is 2.20. The summed E-state index contributed by atoms with van der Waals surface area (Å²) in [4.78, 5) is 23.8. The SMILES string of the molecule is Cc1ccc(C(=O)NC2(C(=O)O)CCSCC2)cc1Cl. The number of thioether (sulfide) groups is 1. The monoisotopic (exact) mass is 313 g/mol. The van der Waals surface area contributed by atoms with Crippen LogP contribution in [0.5, 0.6) is 0 Å². The number of rotatable bonds is 3. The molecule has 20 heavy (non-hydrogen) atoms. The van der Waals surface area contributed by atoms with Gasteiger partial charge in [-0.1, -0.05) is 17.7 Å². The standard InChI is InChI=1S/C14H16ClNO3S/c1-9-2-3-10(8-11(9)15)12(17)16-14(13(18)19)4-6-20-7-5-14/h2-3,8H,4-7H2,1H3,(H,16,17)(H,18,19). The van der Waals surface area contributed by atoms with Gasteiger partial charge in [0.1, 0.15) is 5.54 Å². The van der Waals surface area contributed by atoms with E-state index in [1.807, 2.05) is 6.92 Å². The number of hydrogen-bond donors (Lipinski definition) is 2. The van der Waals surface area contributed by atoms with E-state index < -0.39 is 11.5 Å². The average Bonchev–Trinajstić information content (AvgIpc) is 2.42. The van der Waals surface area contributed by atoms with Gasteiger partial charge in [0.25, 0.3) is 5.91 Å². The van der Waals surface area contributed by atoms with E-state index in [9.17, 15) is 14.7 Å². The van der Waals surface area contributed by atoms with Crippen molar-refractivity contribution in [1.82, 2.24) is 5.32 Å². The number of carboxylic acids is 1. The lowest BCUT2D eigenvalue weighted by Gasteiger charge is -2.33. The van der Waals surface area contributed by atoms with Crippen molar-refractivity contribution in [2.24, 2.45) is 0 Å². The van der Waals surface area contributed by atoms with Crippen LogP contribution in [0.4, 0.5) is 0 Å². The maximum atomic E-state index is 12.2. The number of aliphatic carboxylic acids is 1. The molecule has 4 nitrogen and oxygen atoms in total. The van der Waals surface area contributed by atoms with Crippen molar-refractivity contribution in [2.75, 3.05) is 11.5 Å². The summed E-state index contributed by atoms with van der Waals surface area (Å²) in [6, 6.07) is 4.98. The fourth-order valence-corrected chi connectivity index (χ4v) is 3.51. The van der Waals surface area contributed by atoms with Gasteiger partial charge in [0.15, 0.2) is 0 Å². The molecule has 0 aliphatic carbocycles. The number of hydrogen-bond acceptors (Lipinski definition) is 3. The summed E-state index contributed by atoms with van der Waals surface area (Å²) < 4.78 is 0. The zero-order valence-electron chi connectivity index (χ0n) is 11.1. The highest BCUT2D eigenvalue weighted by Gasteiger charge is 2.41. The van der Waals surface area contributed by atoms with Crippen molar-refractivity contribution < 1.29 is 14.7 Å². The molecule has 0 spiro atoms. The number of amides is 1. The Morgan fingerprint density at radius 3 is 2.55 bits per heavy atom. The van der Waals surface area contributed by atoms with E-state index in [2.05, 4.69) is 5.32 Å². The molecule has 2 rings (SSSR count). The van der Waals surface area contributed by atoms with Crippen LogP contribution in [0.15, 0.2) is 18.2 Å². The summed E-state index contributed by atoms with van der Waals surface area (Å²) in [5, 5.41) is 12.6. The van der Waals surface area contributed by atoms with E-state index in [1.54, 1.807) is 30.0 Å². The molecule has 6 heteroatoms. The van der Waals surface area contributed by atoms with Crippen LogP contribution in [0, 0.1) is 6.92 Å². The maximum Gasteiger partial charge on any atom is 0.329 e. The minimum absolute atomic E-state index is 0.388. The number of carbonyl (C=O) groups excluding carboxylic acids is 1. The highest BCUT2D eigenvalue weighted by atomic mass is 35.5. The first-order chi connectivity index (χ1) is 9.44. The first-order valence-electron chi connectivity index (χ1n) is 6.34. The third kappa shape index (κ3) is 3.10. The zero-order valence-corrected chi connectivity index (χ0v) is 12.7. The number of nitrogens with one attached hydrogen (secondary N) is 1. The van der Waals surface area contributed by atoms with E-state index in [-0.39, 0.29) is 5.91 Å². The van der Waals surface area contributed by atoms with Crippen LogP contribution in [0.2, 0.25) is 5.02 Å². The smallest absolute Gasteiger partial charge is 0.329 e. The minimum Gasteiger partial charge on any atom is -0.480 e. The quantitative estimate of drug-likeness (QED) is 0.900. The van der Waals surface area contributed by atoms with E-state index in [1.165, 1.54) is 0 Å². The molecule has 1 aliphatic heterocycles. The first-order valence-corrected chi connectivity index (χ1v) is 7.88. The molecule has 0 atom stereocenters. The van der Waals surface area contributed by atoms with Crippen molar-refractivity contribution in [3.63, 3.8) is 0 Å². The summed E-state index contributed by atoms with van der Waals surface area (Å²) >= 11 is 7.70.